The monoisotopic (exact) mass is 303 g/mol. The molecular formula is C17H25N3O2. The molecule has 5 heteroatoms. The van der Waals surface area contributed by atoms with Gasteiger partial charge < -0.3 is 11.1 Å². The maximum absolute atomic E-state index is 12.3. The van der Waals surface area contributed by atoms with E-state index in [1.54, 1.807) is 0 Å². The lowest BCUT2D eigenvalue weighted by Gasteiger charge is -2.34. The van der Waals surface area contributed by atoms with Gasteiger partial charge in [0.15, 0.2) is 0 Å². The summed E-state index contributed by atoms with van der Waals surface area (Å²) in [6, 6.07) is 7.95. The molecule has 1 fully saturated rings. The molecule has 1 aromatic carbocycles. The second-order valence-corrected chi connectivity index (χ2v) is 6.09. The van der Waals surface area contributed by atoms with Crippen molar-refractivity contribution < 1.29 is 9.59 Å². The zero-order valence-electron chi connectivity index (χ0n) is 13.3. The lowest BCUT2D eigenvalue weighted by Crippen LogP contribution is -2.49. The van der Waals surface area contributed by atoms with Crippen LogP contribution in [-0.4, -0.2) is 35.8 Å². The molecule has 0 bridgehead atoms. The van der Waals surface area contributed by atoms with E-state index in [2.05, 4.69) is 10.2 Å². The molecule has 1 aliphatic heterocycles. The number of carbonyl (C=O) groups excluding carboxylic acids is 2. The molecule has 22 heavy (non-hydrogen) atoms. The third kappa shape index (κ3) is 4.31. The van der Waals surface area contributed by atoms with Gasteiger partial charge in [-0.2, -0.15) is 0 Å². The highest BCUT2D eigenvalue weighted by atomic mass is 16.2. The number of hydrogen-bond acceptors (Lipinski definition) is 3. The van der Waals surface area contributed by atoms with Crippen LogP contribution in [0.25, 0.3) is 0 Å². The lowest BCUT2D eigenvalue weighted by atomic mass is 9.95. The predicted molar refractivity (Wildman–Crippen MR) is 86.0 cm³/mol. The molecule has 1 atom stereocenters. The Labute approximate surface area is 131 Å². The molecule has 0 unspecified atom stereocenters. The highest BCUT2D eigenvalue weighted by molar-refractivity contribution is 5.81. The van der Waals surface area contributed by atoms with Crippen LogP contribution in [0.3, 0.4) is 0 Å². The van der Waals surface area contributed by atoms with E-state index < -0.39 is 0 Å². The van der Waals surface area contributed by atoms with Crippen LogP contribution in [0.1, 0.15) is 30.9 Å². The number of piperidine rings is 1. The summed E-state index contributed by atoms with van der Waals surface area (Å²) in [4.78, 5) is 25.5. The average Bonchev–Trinajstić information content (AvgIpc) is 2.53. The normalized spacial score (nSPS) is 17.9. The van der Waals surface area contributed by atoms with Gasteiger partial charge in [-0.15, -0.1) is 0 Å². The van der Waals surface area contributed by atoms with Crippen LogP contribution in [-0.2, 0) is 16.1 Å². The van der Waals surface area contributed by atoms with Crippen LogP contribution in [0.15, 0.2) is 24.3 Å². The first-order valence-corrected chi connectivity index (χ1v) is 7.84. The fourth-order valence-electron chi connectivity index (χ4n) is 2.78. The smallest absolute Gasteiger partial charge is 0.237 e. The Morgan fingerprint density at radius 1 is 1.27 bits per heavy atom. The Kier molecular flexibility index (Phi) is 5.55. The number of benzene rings is 1. The molecule has 2 amide bonds. The molecule has 1 aromatic rings. The van der Waals surface area contributed by atoms with Gasteiger partial charge >= 0.3 is 0 Å². The Morgan fingerprint density at radius 3 is 2.41 bits per heavy atom. The van der Waals surface area contributed by atoms with E-state index in [9.17, 15) is 9.59 Å². The highest BCUT2D eigenvalue weighted by Crippen LogP contribution is 2.18. The van der Waals surface area contributed by atoms with Crippen molar-refractivity contribution in [2.75, 3.05) is 13.1 Å². The number of nitrogens with two attached hydrogens (primary N) is 1. The van der Waals surface area contributed by atoms with Crippen molar-refractivity contribution in [2.24, 2.45) is 11.7 Å². The Hall–Kier alpha value is -1.88. The van der Waals surface area contributed by atoms with E-state index in [1.807, 2.05) is 38.1 Å². The molecule has 1 saturated heterocycles. The Morgan fingerprint density at radius 2 is 1.86 bits per heavy atom. The van der Waals surface area contributed by atoms with Crippen molar-refractivity contribution in [1.82, 2.24) is 10.2 Å². The van der Waals surface area contributed by atoms with Crippen LogP contribution in [0.2, 0.25) is 0 Å². The van der Waals surface area contributed by atoms with Gasteiger partial charge in [-0.25, -0.2) is 0 Å². The highest BCUT2D eigenvalue weighted by Gasteiger charge is 2.28. The zero-order chi connectivity index (χ0) is 16.1. The SMILES string of the molecule is Cc1ccc(CNC(=O)[C@@H](C)N2CCC(C(N)=O)CC2)cc1. The number of amides is 2. The minimum Gasteiger partial charge on any atom is -0.369 e. The summed E-state index contributed by atoms with van der Waals surface area (Å²) < 4.78 is 0. The van der Waals surface area contributed by atoms with Crippen molar-refractivity contribution >= 4 is 11.8 Å². The van der Waals surface area contributed by atoms with Crippen molar-refractivity contribution in [2.45, 2.75) is 39.3 Å². The summed E-state index contributed by atoms with van der Waals surface area (Å²) in [5.74, 6) is -0.242. The van der Waals surface area contributed by atoms with Crippen LogP contribution in [0, 0.1) is 12.8 Å². The summed E-state index contributed by atoms with van der Waals surface area (Å²) in [7, 11) is 0. The lowest BCUT2D eigenvalue weighted by molar-refractivity contribution is -0.127. The molecule has 0 aliphatic carbocycles. The maximum atomic E-state index is 12.3. The molecule has 0 aromatic heterocycles. The molecule has 120 valence electrons. The van der Waals surface area contributed by atoms with Crippen molar-refractivity contribution in [3.8, 4) is 0 Å². The number of hydrogen-bond donors (Lipinski definition) is 2. The van der Waals surface area contributed by atoms with Gasteiger partial charge in [0.25, 0.3) is 0 Å². The third-order valence-electron chi connectivity index (χ3n) is 4.45. The molecule has 1 heterocycles. The standard InChI is InChI=1S/C17H25N3O2/c1-12-3-5-14(6-4-12)11-19-17(22)13(2)20-9-7-15(8-10-20)16(18)21/h3-6,13,15H,7-11H2,1-2H3,(H2,18,21)(H,19,22)/t13-/m1/s1. The van der Waals surface area contributed by atoms with Crippen molar-refractivity contribution in [3.63, 3.8) is 0 Å². The Balaban J connectivity index is 1.80. The quantitative estimate of drug-likeness (QED) is 0.858. The molecule has 0 radical (unpaired) electrons. The van der Waals surface area contributed by atoms with Gasteiger partial charge in [0.1, 0.15) is 0 Å². The van der Waals surface area contributed by atoms with Gasteiger partial charge in [-0.05, 0) is 45.3 Å². The first kappa shape index (κ1) is 16.5. The second-order valence-electron chi connectivity index (χ2n) is 6.09. The topological polar surface area (TPSA) is 75.4 Å². The number of carbonyl (C=O) groups is 2. The fraction of sp³-hybridized carbons (Fsp3) is 0.529. The number of rotatable bonds is 5. The van der Waals surface area contributed by atoms with Gasteiger partial charge in [0, 0.05) is 12.5 Å². The number of primary amides is 1. The minimum absolute atomic E-state index is 0.0260. The number of likely N-dealkylation sites (tertiary alicyclic amines) is 1. The van der Waals surface area contributed by atoms with Crippen LogP contribution in [0.4, 0.5) is 0 Å². The molecular weight excluding hydrogens is 278 g/mol. The maximum Gasteiger partial charge on any atom is 0.237 e. The third-order valence-corrected chi connectivity index (χ3v) is 4.45. The minimum atomic E-state index is -0.226. The molecule has 3 N–H and O–H groups in total. The van der Waals surface area contributed by atoms with Gasteiger partial charge in [-0.3, -0.25) is 14.5 Å². The number of nitrogens with zero attached hydrogens (tertiary/aromatic N) is 1. The van der Waals surface area contributed by atoms with E-state index in [1.165, 1.54) is 5.56 Å². The Bertz CT molecular complexity index is 519. The summed E-state index contributed by atoms with van der Waals surface area (Å²) in [6.45, 7) is 5.98. The van der Waals surface area contributed by atoms with E-state index in [-0.39, 0.29) is 23.8 Å². The molecule has 0 saturated carbocycles. The summed E-state index contributed by atoms with van der Waals surface area (Å²) in [6.07, 6.45) is 1.48. The van der Waals surface area contributed by atoms with E-state index in [0.29, 0.717) is 6.54 Å². The van der Waals surface area contributed by atoms with E-state index >= 15 is 0 Å². The summed E-state index contributed by atoms with van der Waals surface area (Å²) >= 11 is 0. The predicted octanol–water partition coefficient (Wildman–Crippen LogP) is 1.20. The second kappa shape index (κ2) is 7.40. The first-order chi connectivity index (χ1) is 10.5. The van der Waals surface area contributed by atoms with Crippen LogP contribution >= 0.6 is 0 Å². The molecule has 2 rings (SSSR count). The number of nitrogens with one attached hydrogen (secondary N) is 1. The van der Waals surface area contributed by atoms with E-state index in [4.69, 9.17) is 5.73 Å². The van der Waals surface area contributed by atoms with Crippen molar-refractivity contribution in [3.05, 3.63) is 35.4 Å². The summed E-state index contributed by atoms with van der Waals surface area (Å²) in [5.41, 5.74) is 7.64. The molecule has 5 nitrogen and oxygen atoms in total. The largest absolute Gasteiger partial charge is 0.369 e. The zero-order valence-corrected chi connectivity index (χ0v) is 13.3. The molecule has 0 spiro atoms. The number of aryl methyl sites for hydroxylation is 1. The van der Waals surface area contributed by atoms with Gasteiger partial charge in [0.2, 0.25) is 11.8 Å². The van der Waals surface area contributed by atoms with Crippen LogP contribution in [0.5, 0.6) is 0 Å². The van der Waals surface area contributed by atoms with Crippen molar-refractivity contribution in [1.29, 1.82) is 0 Å². The van der Waals surface area contributed by atoms with Crippen LogP contribution < -0.4 is 11.1 Å². The van der Waals surface area contributed by atoms with Gasteiger partial charge in [-0.1, -0.05) is 29.8 Å². The fourth-order valence-corrected chi connectivity index (χ4v) is 2.78. The summed E-state index contributed by atoms with van der Waals surface area (Å²) in [5, 5.41) is 2.98. The first-order valence-electron chi connectivity index (χ1n) is 7.84. The average molecular weight is 303 g/mol. The van der Waals surface area contributed by atoms with E-state index in [0.717, 1.165) is 31.5 Å². The molecule has 1 aliphatic rings. The van der Waals surface area contributed by atoms with Gasteiger partial charge in [0.05, 0.1) is 6.04 Å².